The predicted octanol–water partition coefficient (Wildman–Crippen LogP) is 4.63. The van der Waals surface area contributed by atoms with Crippen molar-refractivity contribution >= 4 is 28.0 Å². The van der Waals surface area contributed by atoms with E-state index >= 15 is 0 Å². The minimum Gasteiger partial charge on any atom is -0.370 e. The number of aromatic nitrogens is 2. The maximum atomic E-state index is 13.7. The van der Waals surface area contributed by atoms with Crippen LogP contribution in [-0.2, 0) is 24.3 Å². The van der Waals surface area contributed by atoms with E-state index < -0.39 is 39.7 Å². The van der Waals surface area contributed by atoms with E-state index in [9.17, 15) is 17.6 Å². The number of nitrogens with two attached hydrogens (primary N) is 1. The minimum atomic E-state index is -3.62. The Balaban J connectivity index is 0.00000247. The zero-order valence-corrected chi connectivity index (χ0v) is 24.2. The molecule has 1 aromatic heterocycles. The van der Waals surface area contributed by atoms with Gasteiger partial charge in [-0.2, -0.15) is 0 Å². The molecule has 2 heterocycles. The van der Waals surface area contributed by atoms with Crippen molar-refractivity contribution in [2.75, 3.05) is 17.6 Å². The number of rotatable bonds is 8. The third kappa shape index (κ3) is 8.31. The van der Waals surface area contributed by atoms with Gasteiger partial charge in [-0.1, -0.05) is 39.8 Å². The summed E-state index contributed by atoms with van der Waals surface area (Å²) in [6, 6.07) is 5.80. The Kier molecular flexibility index (Phi) is 10.5. The molecule has 1 aliphatic heterocycles. The molecule has 210 valence electrons. The number of hydrogen-bond acceptors (Lipinski definition) is 7. The van der Waals surface area contributed by atoms with Crippen LogP contribution in [0.1, 0.15) is 71.6 Å². The molecule has 0 bridgehead atoms. The number of nitrogens with zero attached hydrogens (tertiary/aromatic N) is 3. The van der Waals surface area contributed by atoms with Gasteiger partial charge in [-0.05, 0) is 44.0 Å². The van der Waals surface area contributed by atoms with Crippen molar-refractivity contribution in [3.8, 4) is 11.3 Å². The lowest BCUT2D eigenvalue weighted by Gasteiger charge is -2.39. The summed E-state index contributed by atoms with van der Waals surface area (Å²) in [7, 11) is -2.23. The monoisotopic (exact) mass is 550 g/mol. The van der Waals surface area contributed by atoms with Gasteiger partial charge >= 0.3 is 0 Å². The SMILES string of the molecule is CC.CC(C)c1nc(N(C)S(C)(=O)=O)nc(-c2ccc(F)cc2)c1/C=C/C1CC(CC(N)=O)OC(C)(C)O1. The zero-order valence-electron chi connectivity index (χ0n) is 23.4. The first-order valence-electron chi connectivity index (χ1n) is 12.6. The second-order valence-corrected chi connectivity index (χ2v) is 11.6. The van der Waals surface area contributed by atoms with E-state index in [1.807, 2.05) is 39.8 Å². The molecule has 2 atom stereocenters. The smallest absolute Gasteiger partial charge is 0.239 e. The third-order valence-electron chi connectivity index (χ3n) is 5.69. The first-order valence-corrected chi connectivity index (χ1v) is 14.4. The molecule has 0 spiro atoms. The van der Waals surface area contributed by atoms with Crippen LogP contribution in [-0.4, -0.2) is 55.6 Å². The van der Waals surface area contributed by atoms with Crippen LogP contribution in [0.25, 0.3) is 17.3 Å². The Morgan fingerprint density at radius 3 is 2.34 bits per heavy atom. The van der Waals surface area contributed by atoms with Crippen molar-refractivity contribution in [1.29, 1.82) is 0 Å². The van der Waals surface area contributed by atoms with E-state index in [1.165, 1.54) is 19.2 Å². The second-order valence-electron chi connectivity index (χ2n) is 9.62. The zero-order chi connectivity index (χ0) is 28.8. The van der Waals surface area contributed by atoms with Crippen LogP contribution in [0, 0.1) is 5.82 Å². The van der Waals surface area contributed by atoms with Gasteiger partial charge < -0.3 is 15.2 Å². The average Bonchev–Trinajstić information content (AvgIpc) is 2.81. The van der Waals surface area contributed by atoms with Crippen LogP contribution in [0.4, 0.5) is 10.3 Å². The van der Waals surface area contributed by atoms with Gasteiger partial charge in [0.05, 0.1) is 36.3 Å². The summed E-state index contributed by atoms with van der Waals surface area (Å²) in [6.45, 7) is 11.4. The summed E-state index contributed by atoms with van der Waals surface area (Å²) in [5, 5.41) is 0. The van der Waals surface area contributed by atoms with Crippen LogP contribution in [0.15, 0.2) is 30.3 Å². The number of carbonyl (C=O) groups is 1. The summed E-state index contributed by atoms with van der Waals surface area (Å²) >= 11 is 0. The van der Waals surface area contributed by atoms with Gasteiger partial charge in [0.2, 0.25) is 21.9 Å². The fourth-order valence-corrected chi connectivity index (χ4v) is 4.39. The maximum Gasteiger partial charge on any atom is 0.239 e. The minimum absolute atomic E-state index is 0.0163. The van der Waals surface area contributed by atoms with Gasteiger partial charge in [0, 0.05) is 24.6 Å². The summed E-state index contributed by atoms with van der Waals surface area (Å²) in [5.74, 6) is -1.86. The fourth-order valence-electron chi connectivity index (χ4n) is 4.02. The standard InChI is InChI=1S/C25H33FN4O5S.C2H6/c1-15(2)22-20(12-11-18-13-19(14-21(27)31)35-25(3,4)34-18)23(16-7-9-17(26)10-8-16)29-24(28-22)30(5)36(6,32)33;1-2/h7-12,15,18-19H,13-14H2,1-6H3,(H2,27,31);1-2H3/b12-11+;. The van der Waals surface area contributed by atoms with Gasteiger partial charge in [-0.25, -0.2) is 27.1 Å². The summed E-state index contributed by atoms with van der Waals surface area (Å²) in [5.41, 5.74) is 7.70. The van der Waals surface area contributed by atoms with E-state index in [2.05, 4.69) is 9.97 Å². The Hall–Kier alpha value is -2.89. The number of primary amides is 1. The number of amides is 1. The van der Waals surface area contributed by atoms with E-state index in [1.54, 1.807) is 26.0 Å². The molecule has 2 unspecified atom stereocenters. The number of sulfonamides is 1. The molecular weight excluding hydrogens is 511 g/mol. The van der Waals surface area contributed by atoms with Crippen LogP contribution in [0.2, 0.25) is 0 Å². The molecule has 2 aromatic rings. The third-order valence-corrected chi connectivity index (χ3v) is 6.85. The van der Waals surface area contributed by atoms with Gasteiger partial charge in [-0.3, -0.25) is 4.79 Å². The first kappa shape index (κ1) is 31.3. The number of benzene rings is 1. The van der Waals surface area contributed by atoms with E-state index in [0.717, 1.165) is 10.6 Å². The highest BCUT2D eigenvalue weighted by Crippen LogP contribution is 2.33. The van der Waals surface area contributed by atoms with Crippen LogP contribution >= 0.6 is 0 Å². The molecule has 1 saturated heterocycles. The quantitative estimate of drug-likeness (QED) is 0.508. The molecule has 1 aliphatic rings. The Labute approximate surface area is 225 Å². The highest BCUT2D eigenvalue weighted by molar-refractivity contribution is 7.92. The van der Waals surface area contributed by atoms with Gasteiger partial charge in [0.15, 0.2) is 5.79 Å². The number of anilines is 1. The average molecular weight is 551 g/mol. The van der Waals surface area contributed by atoms with Crippen molar-refractivity contribution in [3.63, 3.8) is 0 Å². The lowest BCUT2D eigenvalue weighted by Crippen LogP contribution is -2.45. The van der Waals surface area contributed by atoms with Crippen LogP contribution < -0.4 is 10.0 Å². The van der Waals surface area contributed by atoms with Gasteiger partial charge in [-0.15, -0.1) is 0 Å². The van der Waals surface area contributed by atoms with Crippen LogP contribution in [0.5, 0.6) is 0 Å². The molecule has 11 heteroatoms. The molecule has 2 N–H and O–H groups in total. The predicted molar refractivity (Wildman–Crippen MR) is 147 cm³/mol. The molecule has 0 saturated carbocycles. The van der Waals surface area contributed by atoms with Crippen molar-refractivity contribution in [2.24, 2.45) is 5.73 Å². The first-order chi connectivity index (χ1) is 17.7. The highest BCUT2D eigenvalue weighted by Gasteiger charge is 2.35. The summed E-state index contributed by atoms with van der Waals surface area (Å²) in [4.78, 5) is 20.6. The summed E-state index contributed by atoms with van der Waals surface area (Å²) < 4.78 is 51.0. The molecule has 0 aliphatic carbocycles. The Bertz CT molecular complexity index is 1250. The number of halogens is 1. The van der Waals surface area contributed by atoms with E-state index in [4.69, 9.17) is 15.2 Å². The molecule has 38 heavy (non-hydrogen) atoms. The summed E-state index contributed by atoms with van der Waals surface area (Å²) in [6.07, 6.45) is 4.44. The Morgan fingerprint density at radius 2 is 1.82 bits per heavy atom. The second kappa shape index (κ2) is 12.8. The lowest BCUT2D eigenvalue weighted by molar-refractivity contribution is -0.289. The number of carbonyl (C=O) groups excluding carboxylic acids is 1. The largest absolute Gasteiger partial charge is 0.370 e. The molecule has 1 fully saturated rings. The molecule has 9 nitrogen and oxygen atoms in total. The van der Waals surface area contributed by atoms with Crippen molar-refractivity contribution in [1.82, 2.24) is 9.97 Å². The van der Waals surface area contributed by atoms with Gasteiger partial charge in [0.25, 0.3) is 0 Å². The van der Waals surface area contributed by atoms with Crippen LogP contribution in [0.3, 0.4) is 0 Å². The maximum absolute atomic E-state index is 13.7. The molecular formula is C27H39FN4O5S. The lowest BCUT2D eigenvalue weighted by atomic mass is 9.97. The Morgan fingerprint density at radius 1 is 1.21 bits per heavy atom. The normalized spacial score (nSPS) is 19.2. The van der Waals surface area contributed by atoms with Gasteiger partial charge in [0.1, 0.15) is 5.82 Å². The molecule has 1 aromatic carbocycles. The molecule has 0 radical (unpaired) electrons. The van der Waals surface area contributed by atoms with E-state index in [0.29, 0.717) is 28.9 Å². The topological polar surface area (TPSA) is 125 Å². The fraction of sp³-hybridized carbons (Fsp3) is 0.519. The van der Waals surface area contributed by atoms with Crippen molar-refractivity contribution < 1.29 is 27.1 Å². The molecule has 1 amide bonds. The highest BCUT2D eigenvalue weighted by atomic mass is 32.2. The molecule has 3 rings (SSSR count). The number of hydrogen-bond donors (Lipinski definition) is 1. The number of ether oxygens (including phenoxy) is 2. The van der Waals surface area contributed by atoms with Crippen molar-refractivity contribution in [3.05, 3.63) is 47.4 Å². The van der Waals surface area contributed by atoms with E-state index in [-0.39, 0.29) is 18.3 Å². The van der Waals surface area contributed by atoms with Crippen molar-refractivity contribution in [2.45, 2.75) is 78.3 Å².